The molecule has 4 rings (SSSR count). The van der Waals surface area contributed by atoms with Crippen LogP contribution in [0, 0.1) is 0 Å². The Hall–Kier alpha value is -2.59. The highest BCUT2D eigenvalue weighted by molar-refractivity contribution is 7.92. The van der Waals surface area contributed by atoms with Crippen LogP contribution in [0.1, 0.15) is 37.8 Å². The molecule has 3 aromatic rings. The second kappa shape index (κ2) is 7.59. The number of nitrogens with one attached hydrogen (secondary N) is 1. The molecule has 0 unspecified atom stereocenters. The van der Waals surface area contributed by atoms with Crippen LogP contribution in [-0.4, -0.2) is 38.1 Å². The van der Waals surface area contributed by atoms with Gasteiger partial charge >= 0.3 is 0 Å². The summed E-state index contributed by atoms with van der Waals surface area (Å²) in [5.41, 5.74) is 1.47. The average molecular weight is 450 g/mol. The maximum absolute atomic E-state index is 13.0. The highest BCUT2D eigenvalue weighted by Crippen LogP contribution is 2.31. The predicted octanol–water partition coefficient (Wildman–Crippen LogP) is 3.43. The van der Waals surface area contributed by atoms with Crippen LogP contribution in [0.15, 0.2) is 58.0 Å². The lowest BCUT2D eigenvalue weighted by Gasteiger charge is -2.15. The lowest BCUT2D eigenvalue weighted by molar-refractivity contribution is 0.504. The van der Waals surface area contributed by atoms with Crippen LogP contribution in [0.2, 0.25) is 0 Å². The number of anilines is 1. The van der Waals surface area contributed by atoms with Gasteiger partial charge in [0.05, 0.1) is 28.7 Å². The minimum atomic E-state index is -3.88. The topological polar surface area (TPSA) is 111 Å². The Balaban J connectivity index is 1.70. The second-order valence-electron chi connectivity index (χ2n) is 7.72. The van der Waals surface area contributed by atoms with E-state index in [1.54, 1.807) is 42.5 Å². The van der Waals surface area contributed by atoms with Gasteiger partial charge in [-0.1, -0.05) is 26.0 Å². The molecule has 30 heavy (non-hydrogen) atoms. The van der Waals surface area contributed by atoms with Crippen LogP contribution in [0.3, 0.4) is 0 Å². The maximum atomic E-state index is 13.0. The van der Waals surface area contributed by atoms with E-state index in [1.165, 1.54) is 10.9 Å². The minimum Gasteiger partial charge on any atom is -0.463 e. The summed E-state index contributed by atoms with van der Waals surface area (Å²) in [6.45, 7) is 4.07. The average Bonchev–Trinajstić information content (AvgIpc) is 3.41. The summed E-state index contributed by atoms with van der Waals surface area (Å²) in [7, 11) is -7.06. The van der Waals surface area contributed by atoms with E-state index in [-0.39, 0.29) is 28.1 Å². The second-order valence-corrected chi connectivity index (χ2v) is 11.6. The van der Waals surface area contributed by atoms with E-state index in [9.17, 15) is 16.8 Å². The van der Waals surface area contributed by atoms with Crippen molar-refractivity contribution >= 4 is 25.7 Å². The van der Waals surface area contributed by atoms with Crippen molar-refractivity contribution in [1.29, 1.82) is 0 Å². The van der Waals surface area contributed by atoms with Gasteiger partial charge in [-0.15, -0.1) is 0 Å². The van der Waals surface area contributed by atoms with E-state index in [2.05, 4.69) is 9.82 Å². The number of nitrogens with zero attached hydrogens (tertiary/aromatic N) is 2. The fourth-order valence-electron chi connectivity index (χ4n) is 3.49. The van der Waals surface area contributed by atoms with E-state index in [0.717, 1.165) is 5.56 Å². The van der Waals surface area contributed by atoms with Crippen molar-refractivity contribution in [1.82, 2.24) is 9.78 Å². The number of rotatable bonds is 6. The van der Waals surface area contributed by atoms with Crippen molar-refractivity contribution in [2.75, 3.05) is 16.2 Å². The number of benzene rings is 1. The highest BCUT2D eigenvalue weighted by Gasteiger charge is 2.32. The summed E-state index contributed by atoms with van der Waals surface area (Å²) < 4.78 is 59.3. The Bertz CT molecular complexity index is 1240. The van der Waals surface area contributed by atoms with Gasteiger partial charge in [-0.25, -0.2) is 21.5 Å². The van der Waals surface area contributed by atoms with E-state index < -0.39 is 25.9 Å². The third kappa shape index (κ3) is 4.15. The molecule has 1 N–H and O–H groups in total. The molecule has 0 bridgehead atoms. The fraction of sp³-hybridized carbons (Fsp3) is 0.350. The van der Waals surface area contributed by atoms with Gasteiger partial charge in [-0.05, 0) is 42.2 Å². The van der Waals surface area contributed by atoms with Gasteiger partial charge in [0, 0.05) is 6.07 Å². The molecule has 0 radical (unpaired) electrons. The summed E-state index contributed by atoms with van der Waals surface area (Å²) in [6.07, 6.45) is 1.87. The first-order chi connectivity index (χ1) is 14.1. The summed E-state index contributed by atoms with van der Waals surface area (Å²) in [5, 5.41) is 4.45. The van der Waals surface area contributed by atoms with E-state index in [4.69, 9.17) is 4.42 Å². The monoisotopic (exact) mass is 449 g/mol. The summed E-state index contributed by atoms with van der Waals surface area (Å²) in [5.74, 6) is 0.935. The fourth-order valence-corrected chi connectivity index (χ4v) is 6.22. The Morgan fingerprint density at radius 1 is 1.20 bits per heavy atom. The van der Waals surface area contributed by atoms with Crippen LogP contribution < -0.4 is 4.72 Å². The zero-order valence-electron chi connectivity index (χ0n) is 16.6. The molecule has 1 atom stereocenters. The van der Waals surface area contributed by atoms with Gasteiger partial charge in [0.2, 0.25) is 0 Å². The first-order valence-electron chi connectivity index (χ1n) is 9.61. The first kappa shape index (κ1) is 20.7. The zero-order chi connectivity index (χ0) is 21.5. The largest absolute Gasteiger partial charge is 0.463 e. The Kier molecular flexibility index (Phi) is 5.23. The van der Waals surface area contributed by atoms with Gasteiger partial charge in [0.1, 0.15) is 11.5 Å². The Morgan fingerprint density at radius 3 is 2.50 bits per heavy atom. The van der Waals surface area contributed by atoms with Crippen molar-refractivity contribution in [3.63, 3.8) is 0 Å². The van der Waals surface area contributed by atoms with Crippen LogP contribution in [0.25, 0.3) is 11.5 Å². The van der Waals surface area contributed by atoms with Crippen molar-refractivity contribution in [2.24, 2.45) is 0 Å². The Labute approximate surface area is 175 Å². The standard InChI is InChI=1S/C20H23N3O5S2/c1-14(2)15-5-7-17(8-6-15)30(26,27)22-20-12-18(19-4-3-10-28-19)21-23(20)16-9-11-29(24,25)13-16/h3-8,10,12,14,16,22H,9,11,13H2,1-2H3/t16-/m1/s1. The number of furan rings is 1. The van der Waals surface area contributed by atoms with Crippen LogP contribution in [0.4, 0.5) is 5.82 Å². The predicted molar refractivity (Wildman–Crippen MR) is 114 cm³/mol. The smallest absolute Gasteiger partial charge is 0.263 e. The molecule has 1 fully saturated rings. The molecule has 0 aliphatic carbocycles. The molecule has 1 aliphatic rings. The summed E-state index contributed by atoms with van der Waals surface area (Å²) in [6, 6.07) is 11.2. The van der Waals surface area contributed by atoms with Gasteiger partial charge in [-0.2, -0.15) is 5.10 Å². The summed E-state index contributed by atoms with van der Waals surface area (Å²) in [4.78, 5) is 0.123. The van der Waals surface area contributed by atoms with Crippen LogP contribution in [0.5, 0.6) is 0 Å². The molecule has 1 aliphatic heterocycles. The summed E-state index contributed by atoms with van der Waals surface area (Å²) >= 11 is 0. The zero-order valence-corrected chi connectivity index (χ0v) is 18.3. The van der Waals surface area contributed by atoms with Crippen molar-refractivity contribution in [3.05, 3.63) is 54.3 Å². The highest BCUT2D eigenvalue weighted by atomic mass is 32.2. The molecular weight excluding hydrogens is 426 g/mol. The molecule has 160 valence electrons. The number of hydrogen-bond acceptors (Lipinski definition) is 6. The number of sulfonamides is 1. The third-order valence-corrected chi connectivity index (χ3v) is 8.28. The molecule has 3 heterocycles. The molecule has 10 heteroatoms. The molecule has 1 saturated heterocycles. The van der Waals surface area contributed by atoms with Crippen molar-refractivity contribution in [2.45, 2.75) is 37.1 Å². The Morgan fingerprint density at radius 2 is 1.93 bits per heavy atom. The van der Waals surface area contributed by atoms with Crippen LogP contribution >= 0.6 is 0 Å². The molecule has 1 aromatic carbocycles. The van der Waals surface area contributed by atoms with E-state index in [0.29, 0.717) is 17.9 Å². The van der Waals surface area contributed by atoms with Crippen molar-refractivity contribution in [3.8, 4) is 11.5 Å². The third-order valence-electron chi connectivity index (χ3n) is 5.16. The van der Waals surface area contributed by atoms with Crippen molar-refractivity contribution < 1.29 is 21.3 Å². The molecule has 2 aromatic heterocycles. The lowest BCUT2D eigenvalue weighted by atomic mass is 10.0. The lowest BCUT2D eigenvalue weighted by Crippen LogP contribution is -2.20. The van der Waals surface area contributed by atoms with Gasteiger partial charge in [0.15, 0.2) is 15.6 Å². The minimum absolute atomic E-state index is 0.0520. The van der Waals surface area contributed by atoms with E-state index in [1.807, 2.05) is 13.8 Å². The van der Waals surface area contributed by atoms with Gasteiger partial charge < -0.3 is 4.42 Å². The molecule has 0 saturated carbocycles. The molecule has 8 nitrogen and oxygen atoms in total. The molecular formula is C20H23N3O5S2. The quantitative estimate of drug-likeness (QED) is 0.617. The normalized spacial score (nSPS) is 18.7. The van der Waals surface area contributed by atoms with Gasteiger partial charge in [-0.3, -0.25) is 4.72 Å². The number of sulfone groups is 1. The van der Waals surface area contributed by atoms with Crippen LogP contribution in [-0.2, 0) is 19.9 Å². The first-order valence-corrected chi connectivity index (χ1v) is 12.9. The number of aromatic nitrogens is 2. The molecule has 0 spiro atoms. The van der Waals surface area contributed by atoms with E-state index >= 15 is 0 Å². The SMILES string of the molecule is CC(C)c1ccc(S(=O)(=O)Nc2cc(-c3ccco3)nn2[C@@H]2CCS(=O)(=O)C2)cc1. The van der Waals surface area contributed by atoms with Gasteiger partial charge in [0.25, 0.3) is 10.0 Å². The maximum Gasteiger partial charge on any atom is 0.263 e. The molecule has 0 amide bonds. The number of hydrogen-bond donors (Lipinski definition) is 1.